The number of aryl methyl sites for hydroxylation is 1. The van der Waals surface area contributed by atoms with Crippen LogP contribution < -0.4 is 5.32 Å². The van der Waals surface area contributed by atoms with Crippen LogP contribution in [0.25, 0.3) is 0 Å². The average molecular weight is 280 g/mol. The lowest BCUT2D eigenvalue weighted by Gasteiger charge is -2.48. The zero-order chi connectivity index (χ0) is 13.9. The van der Waals surface area contributed by atoms with Gasteiger partial charge in [0.2, 0.25) is 0 Å². The van der Waals surface area contributed by atoms with E-state index in [9.17, 15) is 0 Å². The molecule has 0 saturated carbocycles. The van der Waals surface area contributed by atoms with E-state index < -0.39 is 0 Å². The second kappa shape index (κ2) is 6.38. The van der Waals surface area contributed by atoms with E-state index in [1.165, 1.54) is 49.2 Å². The molecule has 1 aliphatic heterocycles. The molecule has 2 nitrogen and oxygen atoms in total. The Morgan fingerprint density at radius 1 is 1.37 bits per heavy atom. The van der Waals surface area contributed by atoms with Gasteiger partial charge in [-0.1, -0.05) is 13.3 Å². The van der Waals surface area contributed by atoms with E-state index in [-0.39, 0.29) is 5.54 Å². The standard InChI is InChI=1S/C16H28N2S/c1-5-16(3,18-9-7-6-8-10-18)15(17-4)14-11-13(2)19-12-14/h11-12,15,17H,5-10H2,1-4H3. The third kappa shape index (κ3) is 3.04. The SMILES string of the molecule is CCC(C)(C(NC)c1csc(C)c1)N1CCCCC1. The lowest BCUT2D eigenvalue weighted by molar-refractivity contribution is 0.0449. The highest BCUT2D eigenvalue weighted by molar-refractivity contribution is 7.10. The fourth-order valence-corrected chi connectivity index (χ4v) is 4.20. The van der Waals surface area contributed by atoms with Gasteiger partial charge in [0.05, 0.1) is 6.04 Å². The summed E-state index contributed by atoms with van der Waals surface area (Å²) < 4.78 is 0. The van der Waals surface area contributed by atoms with Crippen LogP contribution in [0.15, 0.2) is 11.4 Å². The van der Waals surface area contributed by atoms with Crippen molar-refractivity contribution < 1.29 is 0 Å². The number of likely N-dealkylation sites (tertiary alicyclic amines) is 1. The zero-order valence-corrected chi connectivity index (χ0v) is 13.6. The Kier molecular flexibility index (Phi) is 5.04. The van der Waals surface area contributed by atoms with Crippen LogP contribution >= 0.6 is 11.3 Å². The third-order valence-electron chi connectivity index (χ3n) is 4.79. The monoisotopic (exact) mass is 280 g/mol. The largest absolute Gasteiger partial charge is 0.311 e. The number of nitrogens with one attached hydrogen (secondary N) is 1. The van der Waals surface area contributed by atoms with Crippen molar-refractivity contribution in [1.82, 2.24) is 10.2 Å². The van der Waals surface area contributed by atoms with E-state index in [0.717, 1.165) is 0 Å². The summed E-state index contributed by atoms with van der Waals surface area (Å²) in [5.74, 6) is 0. The normalized spacial score (nSPS) is 22.1. The van der Waals surface area contributed by atoms with E-state index in [4.69, 9.17) is 0 Å². The molecule has 0 aliphatic carbocycles. The highest BCUT2D eigenvalue weighted by Crippen LogP contribution is 2.37. The lowest BCUT2D eigenvalue weighted by Crippen LogP contribution is -2.55. The minimum Gasteiger partial charge on any atom is -0.311 e. The molecule has 0 aromatic carbocycles. The summed E-state index contributed by atoms with van der Waals surface area (Å²) in [6, 6.07) is 2.78. The molecule has 19 heavy (non-hydrogen) atoms. The van der Waals surface area contributed by atoms with Crippen molar-refractivity contribution in [1.29, 1.82) is 0 Å². The molecular weight excluding hydrogens is 252 g/mol. The number of hydrogen-bond acceptors (Lipinski definition) is 3. The van der Waals surface area contributed by atoms with E-state index in [1.54, 1.807) is 0 Å². The summed E-state index contributed by atoms with van der Waals surface area (Å²) >= 11 is 1.86. The molecule has 0 bridgehead atoms. The van der Waals surface area contributed by atoms with Crippen LogP contribution in [0.3, 0.4) is 0 Å². The van der Waals surface area contributed by atoms with Gasteiger partial charge in [0.25, 0.3) is 0 Å². The number of thiophene rings is 1. The van der Waals surface area contributed by atoms with Crippen molar-refractivity contribution in [2.75, 3.05) is 20.1 Å². The van der Waals surface area contributed by atoms with E-state index >= 15 is 0 Å². The molecule has 1 aliphatic rings. The lowest BCUT2D eigenvalue weighted by atomic mass is 9.82. The van der Waals surface area contributed by atoms with Gasteiger partial charge >= 0.3 is 0 Å². The van der Waals surface area contributed by atoms with E-state index in [0.29, 0.717) is 6.04 Å². The van der Waals surface area contributed by atoms with Gasteiger partial charge in [-0.3, -0.25) is 4.90 Å². The summed E-state index contributed by atoms with van der Waals surface area (Å²) in [5, 5.41) is 5.91. The van der Waals surface area contributed by atoms with Gasteiger partial charge in [-0.05, 0) is 70.3 Å². The van der Waals surface area contributed by atoms with E-state index in [1.807, 2.05) is 11.3 Å². The minimum absolute atomic E-state index is 0.225. The van der Waals surface area contributed by atoms with Gasteiger partial charge in [0, 0.05) is 10.4 Å². The number of rotatable bonds is 5. The molecule has 2 atom stereocenters. The molecule has 3 heteroatoms. The van der Waals surface area contributed by atoms with Crippen LogP contribution in [-0.4, -0.2) is 30.6 Å². The van der Waals surface area contributed by atoms with Crippen molar-refractivity contribution in [2.45, 2.75) is 58.0 Å². The molecule has 1 aromatic rings. The maximum atomic E-state index is 3.59. The van der Waals surface area contributed by atoms with Crippen LogP contribution in [-0.2, 0) is 0 Å². The first-order valence-corrected chi connectivity index (χ1v) is 8.47. The number of hydrogen-bond donors (Lipinski definition) is 1. The zero-order valence-electron chi connectivity index (χ0n) is 12.8. The summed E-state index contributed by atoms with van der Waals surface area (Å²) in [7, 11) is 2.11. The van der Waals surface area contributed by atoms with Crippen LogP contribution in [0.5, 0.6) is 0 Å². The second-order valence-electron chi connectivity index (χ2n) is 5.97. The first kappa shape index (κ1) is 15.0. The van der Waals surface area contributed by atoms with Gasteiger partial charge in [0.1, 0.15) is 0 Å². The smallest absolute Gasteiger partial charge is 0.0510 e. The Hall–Kier alpha value is -0.380. The molecule has 2 rings (SSSR count). The predicted molar refractivity (Wildman–Crippen MR) is 85.0 cm³/mol. The van der Waals surface area contributed by atoms with Gasteiger partial charge in [-0.2, -0.15) is 0 Å². The van der Waals surface area contributed by atoms with Crippen molar-refractivity contribution in [3.8, 4) is 0 Å². The number of likely N-dealkylation sites (N-methyl/N-ethyl adjacent to an activating group) is 1. The summed E-state index contributed by atoms with van der Waals surface area (Å²) in [4.78, 5) is 4.12. The van der Waals surface area contributed by atoms with Gasteiger partial charge in [-0.25, -0.2) is 0 Å². The van der Waals surface area contributed by atoms with Crippen molar-refractivity contribution in [2.24, 2.45) is 0 Å². The minimum atomic E-state index is 0.225. The quantitative estimate of drug-likeness (QED) is 0.878. The Morgan fingerprint density at radius 3 is 2.53 bits per heavy atom. The van der Waals surface area contributed by atoms with Crippen LogP contribution in [0.2, 0.25) is 0 Å². The molecule has 1 fully saturated rings. The van der Waals surface area contributed by atoms with E-state index in [2.05, 4.69) is 49.5 Å². The highest BCUT2D eigenvalue weighted by Gasteiger charge is 2.39. The Morgan fingerprint density at radius 2 is 2.05 bits per heavy atom. The number of piperidine rings is 1. The summed E-state index contributed by atoms with van der Waals surface area (Å²) in [6.45, 7) is 9.48. The Balaban J connectivity index is 2.25. The van der Waals surface area contributed by atoms with Crippen molar-refractivity contribution in [3.63, 3.8) is 0 Å². The fourth-order valence-electron chi connectivity index (χ4n) is 3.47. The molecule has 0 amide bonds. The topological polar surface area (TPSA) is 15.3 Å². The first-order valence-electron chi connectivity index (χ1n) is 7.59. The molecule has 2 unspecified atom stereocenters. The molecule has 1 saturated heterocycles. The molecule has 1 N–H and O–H groups in total. The van der Waals surface area contributed by atoms with Gasteiger partial charge in [-0.15, -0.1) is 11.3 Å². The Bertz CT molecular complexity index is 395. The third-order valence-corrected chi connectivity index (χ3v) is 5.67. The predicted octanol–water partition coefficient (Wildman–Crippen LogP) is 3.97. The molecule has 0 spiro atoms. The van der Waals surface area contributed by atoms with Crippen molar-refractivity contribution >= 4 is 11.3 Å². The van der Waals surface area contributed by atoms with Crippen molar-refractivity contribution in [3.05, 3.63) is 21.9 Å². The molecule has 108 valence electrons. The average Bonchev–Trinajstić information content (AvgIpc) is 2.86. The summed E-state index contributed by atoms with van der Waals surface area (Å²) in [5.41, 5.74) is 1.68. The molecular formula is C16H28N2S. The molecule has 0 radical (unpaired) electrons. The molecule has 2 heterocycles. The second-order valence-corrected chi connectivity index (χ2v) is 7.09. The van der Waals surface area contributed by atoms with Crippen LogP contribution in [0.1, 0.15) is 56.0 Å². The maximum absolute atomic E-state index is 3.59. The van der Waals surface area contributed by atoms with Crippen LogP contribution in [0, 0.1) is 6.92 Å². The fraction of sp³-hybridized carbons (Fsp3) is 0.750. The highest BCUT2D eigenvalue weighted by atomic mass is 32.1. The maximum Gasteiger partial charge on any atom is 0.0510 e. The summed E-state index contributed by atoms with van der Waals surface area (Å²) in [6.07, 6.45) is 5.30. The first-order chi connectivity index (χ1) is 9.11. The Labute approximate surface area is 122 Å². The van der Waals surface area contributed by atoms with Gasteiger partial charge < -0.3 is 5.32 Å². The number of nitrogens with zero attached hydrogens (tertiary/aromatic N) is 1. The van der Waals surface area contributed by atoms with Crippen LogP contribution in [0.4, 0.5) is 0 Å². The van der Waals surface area contributed by atoms with Gasteiger partial charge in [0.15, 0.2) is 0 Å². The molecule has 1 aromatic heterocycles.